The summed E-state index contributed by atoms with van der Waals surface area (Å²) in [5, 5.41) is 5.50. The summed E-state index contributed by atoms with van der Waals surface area (Å²) >= 11 is 0. The maximum absolute atomic E-state index is 11.8. The largest absolute Gasteiger partial charge is 0.351 e. The van der Waals surface area contributed by atoms with Gasteiger partial charge in [-0.1, -0.05) is 26.0 Å². The van der Waals surface area contributed by atoms with Gasteiger partial charge >= 0.3 is 0 Å². The summed E-state index contributed by atoms with van der Waals surface area (Å²) < 4.78 is 0. The van der Waals surface area contributed by atoms with E-state index in [0.717, 1.165) is 11.3 Å². The molecule has 1 rings (SSSR count). The van der Waals surface area contributed by atoms with Crippen molar-refractivity contribution in [2.45, 2.75) is 39.8 Å². The highest BCUT2D eigenvalue weighted by Gasteiger charge is 2.14. The minimum absolute atomic E-state index is 0.106. The fourth-order valence-corrected chi connectivity index (χ4v) is 1.84. The third-order valence-electron chi connectivity index (χ3n) is 2.80. The minimum atomic E-state index is -0.464. The van der Waals surface area contributed by atoms with Gasteiger partial charge in [-0.25, -0.2) is 0 Å². The summed E-state index contributed by atoms with van der Waals surface area (Å²) in [5.41, 5.74) is 7.50. The fraction of sp³-hybridized carbons (Fsp3) is 0.467. The van der Waals surface area contributed by atoms with Gasteiger partial charge in [-0.2, -0.15) is 0 Å². The number of benzene rings is 1. The van der Waals surface area contributed by atoms with Gasteiger partial charge in [0.15, 0.2) is 0 Å². The van der Waals surface area contributed by atoms with Crippen molar-refractivity contribution in [3.63, 3.8) is 0 Å². The summed E-state index contributed by atoms with van der Waals surface area (Å²) in [6, 6.07) is 6.86. The Labute approximate surface area is 119 Å². The second-order valence-electron chi connectivity index (χ2n) is 5.33. The van der Waals surface area contributed by atoms with Gasteiger partial charge in [0.2, 0.25) is 11.8 Å². The molecule has 0 saturated carbocycles. The first-order valence-corrected chi connectivity index (χ1v) is 6.78. The van der Waals surface area contributed by atoms with Gasteiger partial charge in [0.1, 0.15) is 0 Å². The Morgan fingerprint density at radius 2 is 1.80 bits per heavy atom. The molecule has 1 atom stereocenters. The van der Waals surface area contributed by atoms with Crippen LogP contribution in [0.2, 0.25) is 0 Å². The zero-order valence-corrected chi connectivity index (χ0v) is 12.3. The normalized spacial score (nSPS) is 12.1. The second-order valence-corrected chi connectivity index (χ2v) is 5.33. The highest BCUT2D eigenvalue weighted by molar-refractivity contribution is 5.88. The van der Waals surface area contributed by atoms with E-state index in [1.165, 1.54) is 6.92 Å². The van der Waals surface area contributed by atoms with E-state index in [9.17, 15) is 9.59 Å². The molecule has 0 bridgehead atoms. The SMILES string of the molecule is CC(=O)Nc1ccc(CNC(=O)[C@@H](N)CC(C)C)cc1. The predicted molar refractivity (Wildman–Crippen MR) is 80.0 cm³/mol. The van der Waals surface area contributed by atoms with E-state index in [-0.39, 0.29) is 11.8 Å². The van der Waals surface area contributed by atoms with Crippen molar-refractivity contribution in [2.75, 3.05) is 5.32 Å². The van der Waals surface area contributed by atoms with Crippen LogP contribution in [0.1, 0.15) is 32.8 Å². The molecule has 110 valence electrons. The van der Waals surface area contributed by atoms with Crippen molar-refractivity contribution in [2.24, 2.45) is 11.7 Å². The maximum atomic E-state index is 11.8. The van der Waals surface area contributed by atoms with E-state index in [1.54, 1.807) is 12.1 Å². The van der Waals surface area contributed by atoms with Crippen molar-refractivity contribution in [1.82, 2.24) is 5.32 Å². The first kappa shape index (κ1) is 16.2. The highest BCUT2D eigenvalue weighted by atomic mass is 16.2. The lowest BCUT2D eigenvalue weighted by molar-refractivity contribution is -0.122. The fourth-order valence-electron chi connectivity index (χ4n) is 1.84. The molecule has 0 aliphatic rings. The average Bonchev–Trinajstić information content (AvgIpc) is 2.36. The van der Waals surface area contributed by atoms with Crippen molar-refractivity contribution in [3.05, 3.63) is 29.8 Å². The van der Waals surface area contributed by atoms with Crippen LogP contribution in [0.25, 0.3) is 0 Å². The molecule has 0 saturated heterocycles. The lowest BCUT2D eigenvalue weighted by Gasteiger charge is -2.14. The Bertz CT molecular complexity index is 455. The van der Waals surface area contributed by atoms with Crippen molar-refractivity contribution < 1.29 is 9.59 Å². The quantitative estimate of drug-likeness (QED) is 0.739. The molecule has 2 amide bonds. The smallest absolute Gasteiger partial charge is 0.237 e. The summed E-state index contributed by atoms with van der Waals surface area (Å²) in [5.74, 6) is 0.156. The van der Waals surface area contributed by atoms with E-state index in [1.807, 2.05) is 26.0 Å². The van der Waals surface area contributed by atoms with Crippen LogP contribution < -0.4 is 16.4 Å². The number of nitrogens with one attached hydrogen (secondary N) is 2. The first-order valence-electron chi connectivity index (χ1n) is 6.78. The van der Waals surface area contributed by atoms with Gasteiger partial charge in [0, 0.05) is 19.2 Å². The number of anilines is 1. The zero-order chi connectivity index (χ0) is 15.1. The number of hydrogen-bond acceptors (Lipinski definition) is 3. The predicted octanol–water partition coefficient (Wildman–Crippen LogP) is 1.63. The number of carbonyl (C=O) groups is 2. The monoisotopic (exact) mass is 277 g/mol. The highest BCUT2D eigenvalue weighted by Crippen LogP contribution is 2.09. The average molecular weight is 277 g/mol. The maximum Gasteiger partial charge on any atom is 0.237 e. The summed E-state index contributed by atoms with van der Waals surface area (Å²) in [6.07, 6.45) is 0.674. The first-order chi connectivity index (χ1) is 9.38. The van der Waals surface area contributed by atoms with Crippen LogP contribution in [0.5, 0.6) is 0 Å². The molecule has 0 radical (unpaired) electrons. The van der Waals surface area contributed by atoms with Crippen LogP contribution in [0, 0.1) is 5.92 Å². The molecule has 1 aromatic carbocycles. The Kier molecular flexibility index (Phi) is 6.18. The van der Waals surface area contributed by atoms with E-state index in [0.29, 0.717) is 18.9 Å². The molecule has 5 nitrogen and oxygen atoms in total. The Balaban J connectivity index is 2.45. The van der Waals surface area contributed by atoms with E-state index >= 15 is 0 Å². The molecule has 0 aromatic heterocycles. The van der Waals surface area contributed by atoms with Gasteiger partial charge in [-0.15, -0.1) is 0 Å². The number of amides is 2. The van der Waals surface area contributed by atoms with Crippen LogP contribution >= 0.6 is 0 Å². The Hall–Kier alpha value is -1.88. The molecule has 0 spiro atoms. The van der Waals surface area contributed by atoms with Crippen molar-refractivity contribution >= 4 is 17.5 Å². The molecule has 0 aliphatic carbocycles. The molecule has 1 aromatic rings. The number of hydrogen-bond donors (Lipinski definition) is 3. The van der Waals surface area contributed by atoms with Crippen LogP contribution in [0.15, 0.2) is 24.3 Å². The molecule has 0 heterocycles. The third kappa shape index (κ3) is 5.84. The van der Waals surface area contributed by atoms with Gasteiger partial charge in [-0.3, -0.25) is 9.59 Å². The van der Waals surface area contributed by atoms with Gasteiger partial charge < -0.3 is 16.4 Å². The minimum Gasteiger partial charge on any atom is -0.351 e. The molecule has 0 fully saturated rings. The second kappa shape index (κ2) is 7.65. The Morgan fingerprint density at radius 3 is 2.30 bits per heavy atom. The van der Waals surface area contributed by atoms with Crippen LogP contribution in [0.4, 0.5) is 5.69 Å². The van der Waals surface area contributed by atoms with Gasteiger partial charge in [0.05, 0.1) is 6.04 Å². The number of carbonyl (C=O) groups excluding carboxylic acids is 2. The topological polar surface area (TPSA) is 84.2 Å². The van der Waals surface area contributed by atoms with Crippen molar-refractivity contribution in [1.29, 1.82) is 0 Å². The van der Waals surface area contributed by atoms with Crippen LogP contribution in [-0.2, 0) is 16.1 Å². The molecular weight excluding hydrogens is 254 g/mol. The zero-order valence-electron chi connectivity index (χ0n) is 12.3. The summed E-state index contributed by atoms with van der Waals surface area (Å²) in [7, 11) is 0. The molecular formula is C15H23N3O2. The number of nitrogens with two attached hydrogens (primary N) is 1. The van der Waals surface area contributed by atoms with Crippen LogP contribution in [-0.4, -0.2) is 17.9 Å². The third-order valence-corrected chi connectivity index (χ3v) is 2.80. The lowest BCUT2D eigenvalue weighted by Crippen LogP contribution is -2.41. The molecule has 5 heteroatoms. The van der Waals surface area contributed by atoms with E-state index in [4.69, 9.17) is 5.73 Å². The van der Waals surface area contributed by atoms with E-state index in [2.05, 4.69) is 10.6 Å². The standard InChI is InChI=1S/C15H23N3O2/c1-10(2)8-14(16)15(20)17-9-12-4-6-13(7-5-12)18-11(3)19/h4-7,10,14H,8-9,16H2,1-3H3,(H,17,20)(H,18,19)/t14-/m0/s1. The molecule has 0 aliphatic heterocycles. The van der Waals surface area contributed by atoms with Crippen LogP contribution in [0.3, 0.4) is 0 Å². The molecule has 4 N–H and O–H groups in total. The lowest BCUT2D eigenvalue weighted by atomic mass is 10.0. The van der Waals surface area contributed by atoms with Crippen molar-refractivity contribution in [3.8, 4) is 0 Å². The molecule has 0 unspecified atom stereocenters. The van der Waals surface area contributed by atoms with Gasteiger partial charge in [-0.05, 0) is 30.0 Å². The van der Waals surface area contributed by atoms with Gasteiger partial charge in [0.25, 0.3) is 0 Å². The van der Waals surface area contributed by atoms with E-state index < -0.39 is 6.04 Å². The summed E-state index contributed by atoms with van der Waals surface area (Å²) in [4.78, 5) is 22.7. The Morgan fingerprint density at radius 1 is 1.20 bits per heavy atom. The number of rotatable bonds is 6. The summed E-state index contributed by atoms with van der Waals surface area (Å²) in [6.45, 7) is 5.97. The molecule has 20 heavy (non-hydrogen) atoms.